The Balaban J connectivity index is 2.01. The molecule has 0 fully saturated rings. The molecule has 3 heterocycles. The Hall–Kier alpha value is -2.59. The maximum absolute atomic E-state index is 2.51. The minimum absolute atomic E-state index is 1.31. The van der Waals surface area contributed by atoms with Crippen LogP contribution in [0.1, 0.15) is 5.56 Å². The molecule has 142 valence electrons. The second-order valence-corrected chi connectivity index (χ2v) is 20.1. The van der Waals surface area contributed by atoms with Crippen molar-refractivity contribution in [1.82, 2.24) is 4.40 Å². The molecule has 29 heavy (non-hydrogen) atoms. The Bertz CT molecular complexity index is 1600. The zero-order valence-electron chi connectivity index (χ0n) is 17.7. The van der Waals surface area contributed by atoms with Crippen LogP contribution in [0.3, 0.4) is 0 Å². The van der Waals surface area contributed by atoms with Crippen molar-refractivity contribution in [2.45, 2.75) is 24.2 Å². The van der Waals surface area contributed by atoms with Crippen molar-refractivity contribution >= 4 is 66.7 Å². The number of fused-ring (bicyclic) bond motifs is 5. The molecule has 0 N–H and O–H groups in total. The third-order valence-corrected chi connectivity index (χ3v) is 10.9. The number of aryl methyl sites for hydroxylation is 2. The fourth-order valence-corrected chi connectivity index (χ4v) is 7.55. The second kappa shape index (κ2) is 5.51. The molecule has 3 aromatic carbocycles. The first-order chi connectivity index (χ1) is 13.9. The summed E-state index contributed by atoms with van der Waals surface area (Å²) < 4.78 is 6.38. The normalized spacial score (nSPS) is 13.0. The van der Waals surface area contributed by atoms with Crippen molar-refractivity contribution in [3.63, 3.8) is 0 Å². The Morgan fingerprint density at radius 3 is 2.45 bits per heavy atom. The Morgan fingerprint density at radius 1 is 0.828 bits per heavy atom. The van der Waals surface area contributed by atoms with Gasteiger partial charge in [-0.25, -0.2) is 0 Å². The minimum atomic E-state index is -1.91. The number of benzene rings is 3. The van der Waals surface area contributed by atoms with Gasteiger partial charge in [-0.2, -0.15) is 0 Å². The number of rotatable bonds is 1. The monoisotopic (exact) mass is 439 g/mol. The van der Waals surface area contributed by atoms with E-state index >= 15 is 0 Å². The van der Waals surface area contributed by atoms with Gasteiger partial charge in [0.1, 0.15) is 0 Å². The van der Waals surface area contributed by atoms with Gasteiger partial charge in [0.25, 0.3) is 0 Å². The summed E-state index contributed by atoms with van der Waals surface area (Å²) in [6.07, 6.45) is 2.23. The second-order valence-electron chi connectivity index (χ2n) is 9.49. The van der Waals surface area contributed by atoms with Crippen molar-refractivity contribution in [2.24, 2.45) is 7.05 Å². The number of hydrogen-bond acceptors (Lipinski definition) is 0. The molecule has 0 amide bonds. The van der Waals surface area contributed by atoms with Crippen LogP contribution < -0.4 is 8.96 Å². The van der Waals surface area contributed by atoms with E-state index in [-0.39, 0.29) is 0 Å². The van der Waals surface area contributed by atoms with E-state index in [1.165, 1.54) is 54.6 Å². The van der Waals surface area contributed by atoms with E-state index in [0.717, 1.165) is 0 Å². The van der Waals surface area contributed by atoms with Crippen LogP contribution in [-0.2, 0) is 7.05 Å². The van der Waals surface area contributed by atoms with Gasteiger partial charge in [0, 0.05) is 0 Å². The average molecular weight is 438 g/mol. The van der Waals surface area contributed by atoms with Gasteiger partial charge in [-0.3, -0.25) is 0 Å². The Labute approximate surface area is 173 Å². The summed E-state index contributed by atoms with van der Waals surface area (Å²) in [7, 11) is 2.18. The molecule has 0 saturated heterocycles. The predicted molar refractivity (Wildman–Crippen MR) is 128 cm³/mol. The first-order valence-electron chi connectivity index (χ1n) is 10.4. The van der Waals surface area contributed by atoms with Crippen LogP contribution in [0.4, 0.5) is 0 Å². The molecule has 0 saturated carbocycles. The Kier molecular flexibility index (Phi) is 3.29. The van der Waals surface area contributed by atoms with E-state index < -0.39 is 13.3 Å². The number of pyridine rings is 2. The standard InChI is InChI=1S/C26H25GeN2/c1-16-9-10-17-7-6-8-22-24(17)23(16)26-25-19(13-14-28(26)5)20-15-18(27(2,3)4)11-12-21(20)29(22)25/h6-15H,1-5H3/q+1. The van der Waals surface area contributed by atoms with Gasteiger partial charge in [-0.05, 0) is 0 Å². The number of hydrogen-bond donors (Lipinski definition) is 0. The van der Waals surface area contributed by atoms with E-state index in [4.69, 9.17) is 0 Å². The van der Waals surface area contributed by atoms with Crippen LogP contribution in [0.2, 0.25) is 17.3 Å². The molecular weight excluding hydrogens is 413 g/mol. The Morgan fingerprint density at radius 2 is 1.66 bits per heavy atom. The van der Waals surface area contributed by atoms with Crippen molar-refractivity contribution in [3.05, 3.63) is 66.4 Å². The van der Waals surface area contributed by atoms with Gasteiger partial charge in [0.2, 0.25) is 0 Å². The molecule has 0 unspecified atom stereocenters. The fraction of sp³-hybridized carbons (Fsp3) is 0.192. The molecule has 0 atom stereocenters. The molecule has 0 spiro atoms. The van der Waals surface area contributed by atoms with E-state index in [1.54, 1.807) is 4.40 Å². The van der Waals surface area contributed by atoms with Crippen LogP contribution in [0.5, 0.6) is 0 Å². The van der Waals surface area contributed by atoms with Gasteiger partial charge in [-0.1, -0.05) is 0 Å². The molecule has 0 aliphatic rings. The van der Waals surface area contributed by atoms with Crippen LogP contribution in [0.25, 0.3) is 49.0 Å². The van der Waals surface area contributed by atoms with Crippen molar-refractivity contribution in [2.75, 3.05) is 0 Å². The summed E-state index contributed by atoms with van der Waals surface area (Å²) in [6, 6.07) is 20.8. The number of nitrogens with zero attached hydrogens (tertiary/aromatic N) is 2. The molecule has 6 aromatic rings. The summed E-state index contributed by atoms with van der Waals surface area (Å²) in [6.45, 7) is 2.24. The van der Waals surface area contributed by atoms with E-state index in [1.807, 2.05) is 0 Å². The molecule has 0 aliphatic heterocycles. The average Bonchev–Trinajstić information content (AvgIpc) is 3.02. The summed E-state index contributed by atoms with van der Waals surface area (Å²) in [5.74, 6) is 7.43. The van der Waals surface area contributed by atoms with Crippen LogP contribution in [0.15, 0.2) is 60.8 Å². The zero-order valence-corrected chi connectivity index (χ0v) is 19.8. The third-order valence-electron chi connectivity index (χ3n) is 6.62. The zero-order chi connectivity index (χ0) is 20.1. The van der Waals surface area contributed by atoms with Crippen molar-refractivity contribution < 1.29 is 4.57 Å². The van der Waals surface area contributed by atoms with Gasteiger partial charge in [0.05, 0.1) is 0 Å². The molecule has 0 bridgehead atoms. The van der Waals surface area contributed by atoms with Crippen molar-refractivity contribution in [3.8, 4) is 0 Å². The molecule has 6 rings (SSSR count). The molecule has 2 nitrogen and oxygen atoms in total. The summed E-state index contributed by atoms with van der Waals surface area (Å²) >= 11 is -1.91. The molecule has 3 heteroatoms. The molecule has 3 aromatic heterocycles. The van der Waals surface area contributed by atoms with Gasteiger partial charge >= 0.3 is 173 Å². The summed E-state index contributed by atoms with van der Waals surface area (Å²) in [5, 5.41) is 6.83. The topological polar surface area (TPSA) is 8.29 Å². The van der Waals surface area contributed by atoms with Gasteiger partial charge in [-0.15, -0.1) is 0 Å². The third kappa shape index (κ3) is 2.15. The quantitative estimate of drug-likeness (QED) is 0.135. The number of aromatic nitrogens is 2. The van der Waals surface area contributed by atoms with Crippen molar-refractivity contribution in [1.29, 1.82) is 0 Å². The van der Waals surface area contributed by atoms with E-state index in [2.05, 4.69) is 101 Å². The van der Waals surface area contributed by atoms with E-state index in [0.29, 0.717) is 0 Å². The van der Waals surface area contributed by atoms with E-state index in [9.17, 15) is 0 Å². The first-order valence-corrected chi connectivity index (χ1v) is 17.7. The van der Waals surface area contributed by atoms with Crippen LogP contribution in [-0.4, -0.2) is 17.7 Å². The first kappa shape index (κ1) is 17.3. The molecule has 0 radical (unpaired) electrons. The SMILES string of the molecule is Cc1ccc2cccc3c2c1c1c2c(cc[n+]1C)c1c[c]([Ge]([CH3])([CH3])[CH3])ccc1n32. The van der Waals surface area contributed by atoms with Crippen LogP contribution in [0, 0.1) is 6.92 Å². The maximum atomic E-state index is 2.51. The van der Waals surface area contributed by atoms with Gasteiger partial charge in [0.15, 0.2) is 0 Å². The summed E-state index contributed by atoms with van der Waals surface area (Å²) in [5.41, 5.74) is 6.65. The van der Waals surface area contributed by atoms with Gasteiger partial charge < -0.3 is 0 Å². The van der Waals surface area contributed by atoms with Crippen LogP contribution >= 0.6 is 0 Å². The predicted octanol–water partition coefficient (Wildman–Crippen LogP) is 5.67. The molecular formula is C26H25GeN2+. The molecule has 0 aliphatic carbocycles. The fourth-order valence-electron chi connectivity index (χ4n) is 5.11. The summed E-state index contributed by atoms with van der Waals surface area (Å²) in [4.78, 5) is 0.